The van der Waals surface area contributed by atoms with Gasteiger partial charge >= 0.3 is 13.6 Å². The molecule has 0 aromatic heterocycles. The molecule has 1 fully saturated rings. The molecule has 236 valence electrons. The van der Waals surface area contributed by atoms with Crippen LogP contribution >= 0.6 is 7.60 Å². The second kappa shape index (κ2) is 13.9. The van der Waals surface area contributed by atoms with Crippen LogP contribution in [-0.2, 0) is 32.3 Å². The summed E-state index contributed by atoms with van der Waals surface area (Å²) in [7, 11) is -5.40. The molecule has 0 spiro atoms. The van der Waals surface area contributed by atoms with Crippen molar-refractivity contribution in [1.82, 2.24) is 0 Å². The molecule has 0 unspecified atom stereocenters. The van der Waals surface area contributed by atoms with Gasteiger partial charge in [-0.15, -0.1) is 0 Å². The van der Waals surface area contributed by atoms with Crippen molar-refractivity contribution in [2.45, 2.75) is 143 Å². The van der Waals surface area contributed by atoms with E-state index in [0.29, 0.717) is 24.2 Å². The first-order valence-electron chi connectivity index (χ1n) is 15.7. The lowest BCUT2D eigenvalue weighted by Crippen LogP contribution is -2.47. The molecule has 3 aliphatic rings. The van der Waals surface area contributed by atoms with E-state index in [2.05, 4.69) is 65.9 Å². The zero-order valence-corrected chi connectivity index (χ0v) is 29.4. The largest absolute Gasteiger partial charge is 0.462 e. The standard InChI is InChI=1S/C32H57O7PSi/c1-21(2)37-40(34,38-22(3)4)20-35-29-17-23(5)16-25-13-12-24(6)28(31(25)29)15-14-26-18-27(19-30(33)36-26)39-41(10,11)32(7,8)9/h12-13,16,21-24,26-29,31H,14-15,17-20H2,1-11H3/t23-,24-,26+,27+,28-,29-,31-/m0/s1. The lowest BCUT2D eigenvalue weighted by molar-refractivity contribution is -0.160. The normalized spacial score (nSPS) is 31.3. The molecule has 0 amide bonds. The minimum atomic E-state index is -3.41. The number of carbonyl (C=O) groups excluding carboxylic acids is 1. The smallest absolute Gasteiger partial charge is 0.356 e. The molecule has 0 bridgehead atoms. The Kier molecular flexibility index (Phi) is 11.8. The SMILES string of the molecule is CC(C)OP(=O)(CO[C@H]1C[C@@H](C)C=C2C=C[C@H](C)[C@H](CC[C@@H]3C[C@@H](O[Si](C)(C)C(C)(C)C)CC(=O)O3)[C@H]21)OC(C)C. The second-order valence-electron chi connectivity index (χ2n) is 14.7. The van der Waals surface area contributed by atoms with Gasteiger partial charge in [-0.05, 0) is 88.4 Å². The van der Waals surface area contributed by atoms with Gasteiger partial charge in [0, 0.05) is 12.3 Å². The van der Waals surface area contributed by atoms with Crippen LogP contribution in [0.1, 0.15) is 94.4 Å². The van der Waals surface area contributed by atoms with Crippen molar-refractivity contribution >= 4 is 21.9 Å². The fraction of sp³-hybridized carbons (Fsp3) is 0.844. The highest BCUT2D eigenvalue weighted by molar-refractivity contribution is 7.53. The molecule has 3 rings (SSSR count). The molecule has 7 nitrogen and oxygen atoms in total. The van der Waals surface area contributed by atoms with E-state index < -0.39 is 15.9 Å². The van der Waals surface area contributed by atoms with Crippen molar-refractivity contribution in [2.75, 3.05) is 6.35 Å². The molecule has 0 aromatic rings. The number of ether oxygens (including phenoxy) is 2. The Morgan fingerprint density at radius 3 is 2.27 bits per heavy atom. The number of hydrogen-bond donors (Lipinski definition) is 0. The fourth-order valence-corrected chi connectivity index (χ4v) is 9.47. The first kappa shape index (κ1) is 34.7. The predicted molar refractivity (Wildman–Crippen MR) is 167 cm³/mol. The molecule has 0 radical (unpaired) electrons. The summed E-state index contributed by atoms with van der Waals surface area (Å²) in [6, 6.07) is 0. The first-order chi connectivity index (χ1) is 18.9. The van der Waals surface area contributed by atoms with Crippen LogP contribution in [0.5, 0.6) is 0 Å². The molecule has 41 heavy (non-hydrogen) atoms. The maximum atomic E-state index is 13.6. The minimum absolute atomic E-state index is 0.0535. The first-order valence-corrected chi connectivity index (χ1v) is 20.4. The molecule has 0 aromatic carbocycles. The molecule has 0 saturated carbocycles. The van der Waals surface area contributed by atoms with Crippen LogP contribution in [0.2, 0.25) is 18.1 Å². The molecule has 1 aliphatic heterocycles. The maximum Gasteiger partial charge on any atom is 0.356 e. The third-order valence-electron chi connectivity index (χ3n) is 9.09. The average Bonchev–Trinajstić information content (AvgIpc) is 2.79. The van der Waals surface area contributed by atoms with Crippen molar-refractivity contribution in [3.05, 3.63) is 23.8 Å². The van der Waals surface area contributed by atoms with Crippen LogP contribution in [0.15, 0.2) is 23.8 Å². The van der Waals surface area contributed by atoms with Gasteiger partial charge < -0.3 is 22.9 Å². The summed E-state index contributed by atoms with van der Waals surface area (Å²) in [4.78, 5) is 12.6. The number of allylic oxidation sites excluding steroid dienone is 3. The number of rotatable bonds is 12. The highest BCUT2D eigenvalue weighted by Crippen LogP contribution is 2.52. The molecular formula is C32H57O7PSi. The Balaban J connectivity index is 1.73. The van der Waals surface area contributed by atoms with Gasteiger partial charge in [0.05, 0.1) is 30.8 Å². The van der Waals surface area contributed by atoms with Crippen LogP contribution in [-0.4, -0.2) is 51.2 Å². The third-order valence-corrected chi connectivity index (χ3v) is 15.6. The van der Waals surface area contributed by atoms with E-state index in [1.807, 2.05) is 27.7 Å². The topological polar surface area (TPSA) is 80.3 Å². The second-order valence-corrected chi connectivity index (χ2v) is 21.3. The van der Waals surface area contributed by atoms with Crippen molar-refractivity contribution in [2.24, 2.45) is 23.7 Å². The van der Waals surface area contributed by atoms with E-state index in [-0.39, 0.29) is 53.8 Å². The number of carbonyl (C=O) groups is 1. The van der Waals surface area contributed by atoms with Gasteiger partial charge in [-0.25, -0.2) is 0 Å². The number of cyclic esters (lactones) is 1. The predicted octanol–water partition coefficient (Wildman–Crippen LogP) is 8.65. The van der Waals surface area contributed by atoms with Crippen LogP contribution in [0.4, 0.5) is 0 Å². The van der Waals surface area contributed by atoms with E-state index >= 15 is 0 Å². The van der Waals surface area contributed by atoms with E-state index in [1.165, 1.54) is 5.57 Å². The van der Waals surface area contributed by atoms with E-state index in [9.17, 15) is 9.36 Å². The van der Waals surface area contributed by atoms with Gasteiger partial charge in [0.15, 0.2) is 8.32 Å². The highest BCUT2D eigenvalue weighted by atomic mass is 31.2. The van der Waals surface area contributed by atoms with E-state index in [0.717, 1.165) is 25.7 Å². The molecule has 7 atom stereocenters. The Labute approximate surface area is 250 Å². The molecule has 1 heterocycles. The molecular weight excluding hydrogens is 555 g/mol. The monoisotopic (exact) mass is 612 g/mol. The zero-order chi connectivity index (χ0) is 30.8. The average molecular weight is 613 g/mol. The van der Waals surface area contributed by atoms with Crippen LogP contribution in [0, 0.1) is 23.7 Å². The summed E-state index contributed by atoms with van der Waals surface area (Å²) < 4.78 is 44.1. The summed E-state index contributed by atoms with van der Waals surface area (Å²) in [5.74, 6) is 1.05. The fourth-order valence-electron chi connectivity index (χ4n) is 6.27. The summed E-state index contributed by atoms with van der Waals surface area (Å²) in [6.07, 6.45) is 9.74. The highest BCUT2D eigenvalue weighted by Gasteiger charge is 2.44. The minimum Gasteiger partial charge on any atom is -0.462 e. The Bertz CT molecular complexity index is 984. The van der Waals surface area contributed by atoms with E-state index in [1.54, 1.807) is 0 Å². The van der Waals surface area contributed by atoms with Crippen LogP contribution < -0.4 is 0 Å². The summed E-state index contributed by atoms with van der Waals surface area (Å²) in [5.41, 5.74) is 1.29. The van der Waals surface area contributed by atoms with Crippen molar-refractivity contribution < 1.29 is 32.3 Å². The van der Waals surface area contributed by atoms with Crippen LogP contribution in [0.25, 0.3) is 0 Å². The summed E-state index contributed by atoms with van der Waals surface area (Å²) in [6.45, 7) is 23.1. The maximum absolute atomic E-state index is 13.6. The number of esters is 1. The molecule has 0 N–H and O–H groups in total. The Morgan fingerprint density at radius 1 is 1.05 bits per heavy atom. The van der Waals surface area contributed by atoms with E-state index in [4.69, 9.17) is 22.9 Å². The third kappa shape index (κ3) is 9.61. The van der Waals surface area contributed by atoms with Gasteiger partial charge in [0.2, 0.25) is 0 Å². The lowest BCUT2D eigenvalue weighted by atomic mass is 9.65. The van der Waals surface area contributed by atoms with Gasteiger partial charge in [-0.1, -0.05) is 52.8 Å². The number of hydrogen-bond acceptors (Lipinski definition) is 7. The molecule has 9 heteroatoms. The van der Waals surface area contributed by atoms with Crippen molar-refractivity contribution in [3.63, 3.8) is 0 Å². The van der Waals surface area contributed by atoms with Crippen LogP contribution in [0.3, 0.4) is 0 Å². The van der Waals surface area contributed by atoms with Gasteiger partial charge in [0.1, 0.15) is 12.5 Å². The van der Waals surface area contributed by atoms with Crippen molar-refractivity contribution in [3.8, 4) is 0 Å². The lowest BCUT2D eigenvalue weighted by Gasteiger charge is -2.44. The number of fused-ring (bicyclic) bond motifs is 1. The molecule has 1 saturated heterocycles. The molecule has 2 aliphatic carbocycles. The quantitative estimate of drug-likeness (QED) is 0.124. The van der Waals surface area contributed by atoms with Crippen molar-refractivity contribution in [1.29, 1.82) is 0 Å². The van der Waals surface area contributed by atoms with Gasteiger partial charge in [-0.2, -0.15) is 0 Å². The zero-order valence-electron chi connectivity index (χ0n) is 27.5. The van der Waals surface area contributed by atoms with Gasteiger partial charge in [0.25, 0.3) is 0 Å². The Hall–Kier alpha value is -0.763. The Morgan fingerprint density at radius 2 is 1.68 bits per heavy atom. The summed E-state index contributed by atoms with van der Waals surface area (Å²) >= 11 is 0. The summed E-state index contributed by atoms with van der Waals surface area (Å²) in [5, 5.41) is 0.0912. The van der Waals surface area contributed by atoms with Gasteiger partial charge in [-0.3, -0.25) is 9.36 Å².